The first-order valence-corrected chi connectivity index (χ1v) is 13.4. The Balaban J connectivity index is 1.50. The molecule has 0 aromatic heterocycles. The van der Waals surface area contributed by atoms with Gasteiger partial charge in [-0.15, -0.1) is 0 Å². The van der Waals surface area contributed by atoms with Gasteiger partial charge in [-0.05, 0) is 104 Å². The first-order valence-electron chi connectivity index (χ1n) is 13.4. The van der Waals surface area contributed by atoms with Crippen LogP contribution in [0, 0.1) is 46.3 Å². The summed E-state index contributed by atoms with van der Waals surface area (Å²) in [5, 5.41) is 20.7. The molecule has 0 radical (unpaired) electrons. The van der Waals surface area contributed by atoms with E-state index in [1.807, 2.05) is 0 Å². The number of hydrogen-bond acceptors (Lipinski definition) is 2. The van der Waals surface area contributed by atoms with Crippen LogP contribution in [-0.2, 0) is 0 Å². The number of allylic oxidation sites excluding steroid dienone is 1. The lowest BCUT2D eigenvalue weighted by Crippen LogP contribution is -2.55. The molecule has 3 saturated carbocycles. The second-order valence-electron chi connectivity index (χ2n) is 13.1. The van der Waals surface area contributed by atoms with Crippen LogP contribution >= 0.6 is 0 Å². The van der Waals surface area contributed by atoms with Crippen molar-refractivity contribution in [3.05, 3.63) is 11.6 Å². The number of aliphatic hydroxyl groups is 2. The molecule has 0 aromatic rings. The van der Waals surface area contributed by atoms with Crippen LogP contribution in [-0.4, -0.2) is 28.1 Å². The maximum atomic E-state index is 13.6. The standard InChI is InChI=1S/C28H45F3O2/c1-17(2)24(32)11-6-18(3)21-9-10-22-20-8-7-19-16-27(33,28(29,30)31)15-14-25(19,4)23(20)12-13-26(21,22)5/h7,17-18,20-24,32-33H,6,8-16H2,1-5H3/t18-,20+,21-,22+,23+,24?,25+,26-,27+/m1/s1. The first kappa shape index (κ1) is 25.5. The summed E-state index contributed by atoms with van der Waals surface area (Å²) >= 11 is 0. The van der Waals surface area contributed by atoms with Gasteiger partial charge in [-0.1, -0.05) is 46.3 Å². The molecule has 9 atom stereocenters. The fraction of sp³-hybridized carbons (Fsp3) is 0.929. The Kier molecular flexibility index (Phi) is 6.61. The highest BCUT2D eigenvalue weighted by Crippen LogP contribution is 2.68. The predicted molar refractivity (Wildman–Crippen MR) is 125 cm³/mol. The largest absolute Gasteiger partial charge is 0.417 e. The number of hydrogen-bond donors (Lipinski definition) is 2. The highest BCUT2D eigenvalue weighted by Gasteiger charge is 2.63. The minimum Gasteiger partial charge on any atom is -0.393 e. The Morgan fingerprint density at radius 2 is 1.70 bits per heavy atom. The molecule has 0 saturated heterocycles. The molecule has 1 unspecified atom stereocenters. The number of rotatable bonds is 5. The van der Waals surface area contributed by atoms with E-state index in [1.165, 1.54) is 12.8 Å². The molecule has 2 nitrogen and oxygen atoms in total. The summed E-state index contributed by atoms with van der Waals surface area (Å²) in [6, 6.07) is 0. The van der Waals surface area contributed by atoms with Crippen molar-refractivity contribution in [1.29, 1.82) is 0 Å². The Morgan fingerprint density at radius 3 is 2.33 bits per heavy atom. The first-order chi connectivity index (χ1) is 15.2. The summed E-state index contributed by atoms with van der Waals surface area (Å²) in [5.41, 5.74) is -1.59. The monoisotopic (exact) mass is 470 g/mol. The zero-order valence-corrected chi connectivity index (χ0v) is 21.2. The smallest absolute Gasteiger partial charge is 0.393 e. The summed E-state index contributed by atoms with van der Waals surface area (Å²) in [4.78, 5) is 0. The van der Waals surface area contributed by atoms with Crippen LogP contribution in [0.15, 0.2) is 11.6 Å². The Morgan fingerprint density at radius 1 is 1.00 bits per heavy atom. The van der Waals surface area contributed by atoms with E-state index in [0.29, 0.717) is 47.3 Å². The molecule has 190 valence electrons. The van der Waals surface area contributed by atoms with Crippen molar-refractivity contribution in [2.24, 2.45) is 46.3 Å². The van der Waals surface area contributed by atoms with Crippen molar-refractivity contribution < 1.29 is 23.4 Å². The van der Waals surface area contributed by atoms with Gasteiger partial charge in [0.25, 0.3) is 0 Å². The van der Waals surface area contributed by atoms with E-state index in [1.54, 1.807) is 0 Å². The van der Waals surface area contributed by atoms with Gasteiger partial charge in [0.15, 0.2) is 5.60 Å². The van der Waals surface area contributed by atoms with Crippen molar-refractivity contribution in [1.82, 2.24) is 0 Å². The molecular formula is C28H45F3O2. The summed E-state index contributed by atoms with van der Waals surface area (Å²) in [7, 11) is 0. The van der Waals surface area contributed by atoms with Gasteiger partial charge in [0.1, 0.15) is 0 Å². The van der Waals surface area contributed by atoms with Gasteiger partial charge in [0.05, 0.1) is 6.10 Å². The van der Waals surface area contributed by atoms with Crippen molar-refractivity contribution in [2.75, 3.05) is 0 Å². The lowest BCUT2D eigenvalue weighted by Gasteiger charge is -2.59. The molecule has 4 rings (SSSR count). The minimum absolute atomic E-state index is 0.173. The van der Waals surface area contributed by atoms with Crippen LogP contribution in [0.4, 0.5) is 13.2 Å². The molecule has 0 bridgehead atoms. The van der Waals surface area contributed by atoms with Gasteiger partial charge in [-0.2, -0.15) is 13.2 Å². The van der Waals surface area contributed by atoms with Crippen molar-refractivity contribution >= 4 is 0 Å². The third kappa shape index (κ3) is 4.11. The van der Waals surface area contributed by atoms with Crippen molar-refractivity contribution in [3.63, 3.8) is 0 Å². The molecule has 0 aliphatic heterocycles. The van der Waals surface area contributed by atoms with Crippen LogP contribution in [0.1, 0.15) is 98.8 Å². The van der Waals surface area contributed by atoms with Crippen LogP contribution in [0.25, 0.3) is 0 Å². The van der Waals surface area contributed by atoms with Gasteiger partial charge in [0.2, 0.25) is 0 Å². The quantitative estimate of drug-likeness (QED) is 0.414. The molecule has 33 heavy (non-hydrogen) atoms. The summed E-state index contributed by atoms with van der Waals surface area (Å²) in [5.74, 6) is 3.18. The molecule has 0 amide bonds. The number of alkyl halides is 3. The van der Waals surface area contributed by atoms with E-state index in [-0.39, 0.29) is 24.4 Å². The lowest BCUT2D eigenvalue weighted by molar-refractivity contribution is -0.271. The lowest BCUT2D eigenvalue weighted by atomic mass is 9.46. The Hall–Kier alpha value is -0.550. The molecule has 0 heterocycles. The number of halogens is 3. The number of fused-ring (bicyclic) bond motifs is 5. The highest BCUT2D eigenvalue weighted by atomic mass is 19.4. The van der Waals surface area contributed by atoms with E-state index in [0.717, 1.165) is 37.7 Å². The van der Waals surface area contributed by atoms with Crippen molar-refractivity contribution in [3.8, 4) is 0 Å². The van der Waals surface area contributed by atoms with Gasteiger partial charge in [0, 0.05) is 6.42 Å². The molecule has 0 aromatic carbocycles. The van der Waals surface area contributed by atoms with Gasteiger partial charge < -0.3 is 10.2 Å². The normalized spacial score (nSPS) is 45.1. The van der Waals surface area contributed by atoms with Gasteiger partial charge in [-0.25, -0.2) is 0 Å². The summed E-state index contributed by atoms with van der Waals surface area (Å²) in [6.07, 6.45) is 4.86. The second-order valence-corrected chi connectivity index (χ2v) is 13.1. The Bertz CT molecular complexity index is 761. The van der Waals surface area contributed by atoms with E-state index in [4.69, 9.17) is 0 Å². The van der Waals surface area contributed by atoms with Crippen LogP contribution in [0.5, 0.6) is 0 Å². The summed E-state index contributed by atoms with van der Waals surface area (Å²) < 4.78 is 40.7. The zero-order valence-electron chi connectivity index (χ0n) is 21.2. The maximum absolute atomic E-state index is 13.6. The molecule has 4 aliphatic rings. The highest BCUT2D eigenvalue weighted by molar-refractivity contribution is 5.28. The van der Waals surface area contributed by atoms with Gasteiger partial charge >= 0.3 is 6.18 Å². The summed E-state index contributed by atoms with van der Waals surface area (Å²) in [6.45, 7) is 11.2. The van der Waals surface area contributed by atoms with Crippen LogP contribution in [0.3, 0.4) is 0 Å². The van der Waals surface area contributed by atoms with Crippen molar-refractivity contribution in [2.45, 2.75) is 117 Å². The predicted octanol–water partition coefficient (Wildman–Crippen LogP) is 7.29. The molecule has 2 N–H and O–H groups in total. The van der Waals surface area contributed by atoms with E-state index >= 15 is 0 Å². The third-order valence-corrected chi connectivity index (χ3v) is 11.1. The molecular weight excluding hydrogens is 425 g/mol. The number of aliphatic hydroxyl groups excluding tert-OH is 1. The molecule has 4 aliphatic carbocycles. The average Bonchev–Trinajstić information content (AvgIpc) is 3.08. The zero-order chi connectivity index (χ0) is 24.4. The van der Waals surface area contributed by atoms with E-state index in [2.05, 4.69) is 40.7 Å². The molecule has 0 spiro atoms. The second kappa shape index (κ2) is 8.54. The van der Waals surface area contributed by atoms with Gasteiger partial charge in [-0.3, -0.25) is 0 Å². The third-order valence-electron chi connectivity index (χ3n) is 11.1. The van der Waals surface area contributed by atoms with E-state index in [9.17, 15) is 23.4 Å². The maximum Gasteiger partial charge on any atom is 0.417 e. The fourth-order valence-corrected chi connectivity index (χ4v) is 8.83. The minimum atomic E-state index is -4.56. The van der Waals surface area contributed by atoms with E-state index < -0.39 is 11.8 Å². The molecule has 5 heteroatoms. The Labute approximate surface area is 198 Å². The van der Waals surface area contributed by atoms with Crippen LogP contribution < -0.4 is 0 Å². The average molecular weight is 471 g/mol. The SMILES string of the molecule is CC(C)C(O)CC[C@@H](C)[C@H]1CC[C@H]2[C@@H]3CC=C4C[C@](O)(C(F)(F)F)CC[C@]4(C)[C@H]3CC[C@]12C. The molecule has 3 fully saturated rings. The van der Waals surface area contributed by atoms with Crippen LogP contribution in [0.2, 0.25) is 0 Å². The fourth-order valence-electron chi connectivity index (χ4n) is 8.83. The topological polar surface area (TPSA) is 40.5 Å².